The third-order valence-corrected chi connectivity index (χ3v) is 23.8. The molecule has 0 radical (unpaired) electrons. The van der Waals surface area contributed by atoms with E-state index in [0.717, 1.165) is 154 Å². The van der Waals surface area contributed by atoms with E-state index in [4.69, 9.17) is 32.3 Å². The number of rotatable bonds is 97. The Morgan fingerprint density at radius 2 is 0.417 bits per heavy atom. The lowest BCUT2D eigenvalue weighted by Gasteiger charge is -2.21. The van der Waals surface area contributed by atoms with Gasteiger partial charge >= 0.3 is 33.6 Å². The average Bonchev–Trinajstić information content (AvgIpc) is 0.899. The number of hydrogen-bond acceptors (Lipinski definition) is 14. The summed E-state index contributed by atoms with van der Waals surface area (Å²) in [5.74, 6) is -1.57. The minimum absolute atomic E-state index is 0.0957. The van der Waals surface area contributed by atoms with Gasteiger partial charge in [-0.2, -0.15) is 0 Å². The Morgan fingerprint density at radius 1 is 0.228 bits per heavy atom. The van der Waals surface area contributed by atoms with E-state index in [9.17, 15) is 43.5 Å². The van der Waals surface area contributed by atoms with E-state index in [1.54, 1.807) is 0 Å². The molecule has 5 unspecified atom stereocenters. The summed E-state index contributed by atoms with van der Waals surface area (Å²) >= 11 is 0. The molecule has 0 aliphatic heterocycles. The number of unbranched alkanes of at least 4 members (excludes halogenated alkanes) is 46. The molecular formula is C109H188O16P2. The highest BCUT2D eigenvalue weighted by molar-refractivity contribution is 7.47. The van der Waals surface area contributed by atoms with Gasteiger partial charge in [0.1, 0.15) is 25.4 Å². The minimum atomic E-state index is -4.95. The van der Waals surface area contributed by atoms with Gasteiger partial charge in [0.25, 0.3) is 0 Å². The third-order valence-electron chi connectivity index (χ3n) is 21.9. The SMILES string of the molecule is CC/C=C\C/C=C\C/C=C\C/C=C\C/C=C\C/C=C\CCCCCCCCCCCCCCCCC(=O)OCC(O)COP(=O)(O)OCC(O)COP(=O)(O)OCC(COC(=O)CCCCCCCCCCCCCCCCCCC/C=C\C/C=C\C/C=C\C/C=C\CCCCC)OC(=O)CCCCCCCCCCC/C=C\C/C=C\C/C=C\C/C=C\CCCCC. The predicted molar refractivity (Wildman–Crippen MR) is 537 cm³/mol. The maximum absolute atomic E-state index is 13.1. The second kappa shape index (κ2) is 99.9. The molecule has 0 spiro atoms. The first-order chi connectivity index (χ1) is 62.2. The van der Waals surface area contributed by atoms with Crippen LogP contribution in [0.25, 0.3) is 0 Å². The van der Waals surface area contributed by atoms with Crippen LogP contribution in [0.15, 0.2) is 170 Å². The summed E-state index contributed by atoms with van der Waals surface area (Å²) in [6.07, 6.45) is 131. The highest BCUT2D eigenvalue weighted by Gasteiger charge is 2.30. The maximum atomic E-state index is 13.1. The van der Waals surface area contributed by atoms with Crippen LogP contribution in [0.4, 0.5) is 0 Å². The average molecular weight is 1820 g/mol. The summed E-state index contributed by atoms with van der Waals surface area (Å²) in [6.45, 7) is 2.58. The van der Waals surface area contributed by atoms with Gasteiger partial charge in [-0.3, -0.25) is 32.5 Å². The molecule has 0 amide bonds. The van der Waals surface area contributed by atoms with Gasteiger partial charge in [-0.15, -0.1) is 0 Å². The molecule has 0 heterocycles. The standard InChI is InChI=1S/C109H188O16P2/c1-4-7-10-13-16-19-22-25-28-31-34-37-40-43-45-47-49-51-53-55-57-60-62-65-68-71-74-77-80-83-86-89-92-95-107(112)119-98-104(110)99-121-126(115,116)122-100-105(111)101-123-127(117,118)124-103-106(125-109(114)97-94-91-88-85-82-79-76-73-70-67-64-59-42-39-36-33-30-27-24-21-18-15-12-9-6-3)102-120-108(113)96-93-90-87-84-81-78-75-72-69-66-63-61-58-56-54-52-50-48-46-44-41-38-35-32-29-26-23-20-17-14-11-8-5-2/h7,10,16-21,25-30,34-39,43-46,49,51,59,64,104-106,110-111H,4-6,8-9,11-15,22-24,31-33,40-42,47-48,50,52-58,60-63,65-103H2,1-3H3,(H,115,116)(H,117,118)/b10-7-,19-16-,20-17-,21-18-,28-25-,29-26-,30-27-,37-34-,38-35-,39-36-,45-43-,46-44-,51-49-,64-59-. The van der Waals surface area contributed by atoms with Crippen LogP contribution in [0.3, 0.4) is 0 Å². The first-order valence-corrected chi connectivity index (χ1v) is 54.4. The van der Waals surface area contributed by atoms with Crippen molar-refractivity contribution in [3.63, 3.8) is 0 Å². The first kappa shape index (κ1) is 122. The van der Waals surface area contributed by atoms with E-state index in [2.05, 4.69) is 191 Å². The summed E-state index contributed by atoms with van der Waals surface area (Å²) in [5, 5.41) is 20.8. The van der Waals surface area contributed by atoms with Gasteiger partial charge in [0.2, 0.25) is 0 Å². The van der Waals surface area contributed by atoms with Crippen LogP contribution in [-0.2, 0) is 55.8 Å². The van der Waals surface area contributed by atoms with Crippen molar-refractivity contribution in [2.75, 3.05) is 39.6 Å². The highest BCUT2D eigenvalue weighted by Crippen LogP contribution is 2.45. The molecule has 18 heteroatoms. The Balaban J connectivity index is 4.59. The van der Waals surface area contributed by atoms with Crippen molar-refractivity contribution in [3.05, 3.63) is 170 Å². The largest absolute Gasteiger partial charge is 0.472 e. The Bertz CT molecular complexity index is 2990. The first-order valence-electron chi connectivity index (χ1n) is 51.4. The van der Waals surface area contributed by atoms with Crippen LogP contribution in [-0.4, -0.2) is 95.9 Å². The van der Waals surface area contributed by atoms with Gasteiger partial charge < -0.3 is 34.2 Å². The molecule has 127 heavy (non-hydrogen) atoms. The fraction of sp³-hybridized carbons (Fsp3) is 0.716. The van der Waals surface area contributed by atoms with Crippen molar-refractivity contribution >= 4 is 33.6 Å². The lowest BCUT2D eigenvalue weighted by atomic mass is 10.0. The van der Waals surface area contributed by atoms with E-state index in [1.165, 1.54) is 231 Å². The van der Waals surface area contributed by atoms with Crippen molar-refractivity contribution in [3.8, 4) is 0 Å². The molecule has 16 nitrogen and oxygen atoms in total. The van der Waals surface area contributed by atoms with E-state index in [-0.39, 0.29) is 19.3 Å². The van der Waals surface area contributed by atoms with Gasteiger partial charge in [-0.25, -0.2) is 9.13 Å². The Kier molecular flexibility index (Phi) is 95.9. The Labute approximate surface area is 777 Å². The van der Waals surface area contributed by atoms with Gasteiger partial charge in [0.05, 0.1) is 26.4 Å². The lowest BCUT2D eigenvalue weighted by molar-refractivity contribution is -0.161. The van der Waals surface area contributed by atoms with E-state index < -0.39 is 91.5 Å². The fourth-order valence-corrected chi connectivity index (χ4v) is 15.7. The smallest absolute Gasteiger partial charge is 0.463 e. The monoisotopic (exact) mass is 1820 g/mol. The van der Waals surface area contributed by atoms with Crippen molar-refractivity contribution in [1.82, 2.24) is 0 Å². The molecule has 5 atom stereocenters. The molecule has 0 aliphatic carbocycles. The Morgan fingerprint density at radius 3 is 0.661 bits per heavy atom. The van der Waals surface area contributed by atoms with Crippen LogP contribution in [0.2, 0.25) is 0 Å². The van der Waals surface area contributed by atoms with E-state index in [1.807, 2.05) is 0 Å². The molecule has 0 saturated heterocycles. The molecule has 0 saturated carbocycles. The molecule has 0 fully saturated rings. The molecule has 0 aromatic rings. The summed E-state index contributed by atoms with van der Waals surface area (Å²) in [5.41, 5.74) is 0. The summed E-state index contributed by atoms with van der Waals surface area (Å²) in [4.78, 5) is 59.2. The zero-order chi connectivity index (χ0) is 92.1. The van der Waals surface area contributed by atoms with Crippen LogP contribution in [0, 0.1) is 0 Å². The van der Waals surface area contributed by atoms with Gasteiger partial charge in [-0.05, 0) is 161 Å². The Hall–Kier alpha value is -5.09. The summed E-state index contributed by atoms with van der Waals surface area (Å²) in [6, 6.07) is 0. The molecule has 0 bridgehead atoms. The molecular weight excluding hydrogens is 1630 g/mol. The van der Waals surface area contributed by atoms with Crippen LogP contribution < -0.4 is 0 Å². The van der Waals surface area contributed by atoms with Gasteiger partial charge in [0.15, 0.2) is 6.10 Å². The van der Waals surface area contributed by atoms with Crippen molar-refractivity contribution in [1.29, 1.82) is 0 Å². The number of carbonyl (C=O) groups is 3. The van der Waals surface area contributed by atoms with Crippen molar-refractivity contribution in [2.24, 2.45) is 0 Å². The second-order valence-electron chi connectivity index (χ2n) is 34.3. The molecule has 0 aromatic heterocycles. The number of aliphatic hydroxyl groups excluding tert-OH is 2. The van der Waals surface area contributed by atoms with Crippen LogP contribution in [0.1, 0.15) is 445 Å². The number of esters is 3. The number of phosphoric acid groups is 2. The number of hydrogen-bond donors (Lipinski definition) is 4. The summed E-state index contributed by atoms with van der Waals surface area (Å²) < 4.78 is 61.7. The molecule has 0 aromatic carbocycles. The van der Waals surface area contributed by atoms with E-state index >= 15 is 0 Å². The predicted octanol–water partition coefficient (Wildman–Crippen LogP) is 32.6. The highest BCUT2D eigenvalue weighted by atomic mass is 31.2. The quantitative estimate of drug-likeness (QED) is 0.0146. The number of aliphatic hydroxyl groups is 2. The molecule has 0 rings (SSSR count). The van der Waals surface area contributed by atoms with Crippen LogP contribution in [0.5, 0.6) is 0 Å². The number of allylic oxidation sites excluding steroid dienone is 28. The van der Waals surface area contributed by atoms with Gasteiger partial charge in [0, 0.05) is 19.3 Å². The zero-order valence-electron chi connectivity index (χ0n) is 80.9. The molecule has 0 aliphatic rings. The zero-order valence-corrected chi connectivity index (χ0v) is 82.7. The van der Waals surface area contributed by atoms with E-state index in [0.29, 0.717) is 19.3 Å². The van der Waals surface area contributed by atoms with Crippen molar-refractivity contribution in [2.45, 2.75) is 463 Å². The topological polar surface area (TPSA) is 231 Å². The fourth-order valence-electron chi connectivity index (χ4n) is 14.1. The van der Waals surface area contributed by atoms with Crippen LogP contribution >= 0.6 is 15.6 Å². The number of carbonyl (C=O) groups excluding carboxylic acids is 3. The second-order valence-corrected chi connectivity index (χ2v) is 37.2. The lowest BCUT2D eigenvalue weighted by Crippen LogP contribution is -2.30. The normalized spacial score (nSPS) is 14.4. The van der Waals surface area contributed by atoms with Crippen molar-refractivity contribution < 1.29 is 75.8 Å². The summed E-state index contributed by atoms with van der Waals surface area (Å²) in [7, 11) is -9.82. The molecule has 4 N–H and O–H groups in total. The third kappa shape index (κ3) is 101. The number of ether oxygens (including phenoxy) is 3. The van der Waals surface area contributed by atoms with Gasteiger partial charge in [-0.1, -0.05) is 435 Å². The maximum Gasteiger partial charge on any atom is 0.472 e. The minimum Gasteiger partial charge on any atom is -0.463 e. The molecule has 730 valence electrons. The number of phosphoric ester groups is 2.